The topological polar surface area (TPSA) is 31.2 Å². The smallest absolute Gasteiger partial charge is 0.339 e. The van der Waals surface area contributed by atoms with E-state index in [0.29, 0.717) is 12.2 Å². The first-order valence-electron chi connectivity index (χ1n) is 6.89. The van der Waals surface area contributed by atoms with Gasteiger partial charge >= 0.3 is 5.97 Å². The van der Waals surface area contributed by atoms with Crippen molar-refractivity contribution in [3.63, 3.8) is 0 Å². The Morgan fingerprint density at radius 2 is 1.80 bits per heavy atom. The van der Waals surface area contributed by atoms with E-state index < -0.39 is 0 Å². The van der Waals surface area contributed by atoms with Crippen LogP contribution in [0, 0.1) is 27.7 Å². The molecule has 0 fully saturated rings. The van der Waals surface area contributed by atoms with Crippen molar-refractivity contribution >= 4 is 5.97 Å². The number of aromatic nitrogens is 1. The molecule has 0 saturated heterocycles. The van der Waals surface area contributed by atoms with E-state index in [2.05, 4.69) is 36.6 Å². The first-order valence-corrected chi connectivity index (χ1v) is 6.89. The van der Waals surface area contributed by atoms with Crippen LogP contribution in [0.4, 0.5) is 0 Å². The maximum absolute atomic E-state index is 11.9. The summed E-state index contributed by atoms with van der Waals surface area (Å²) in [6, 6.07) is 8.22. The molecule has 3 nitrogen and oxygen atoms in total. The number of nitrogens with zero attached hydrogens (tertiary/aromatic N) is 1. The van der Waals surface area contributed by atoms with Crippen LogP contribution in [0.15, 0.2) is 24.3 Å². The van der Waals surface area contributed by atoms with Gasteiger partial charge in [-0.25, -0.2) is 4.79 Å². The van der Waals surface area contributed by atoms with Crippen LogP contribution in [0.1, 0.15) is 39.8 Å². The number of hydrogen-bond donors (Lipinski definition) is 0. The SMILES string of the molecule is CCOC(=O)c1cc(C)n(-c2ccc(C)c(C)c2)c1C. The van der Waals surface area contributed by atoms with Crippen LogP contribution in [0.3, 0.4) is 0 Å². The Hall–Kier alpha value is -2.03. The molecule has 20 heavy (non-hydrogen) atoms. The number of aryl methyl sites for hydroxylation is 3. The zero-order chi connectivity index (χ0) is 14.9. The molecule has 3 heteroatoms. The summed E-state index contributed by atoms with van der Waals surface area (Å²) in [6.45, 7) is 10.4. The number of esters is 1. The summed E-state index contributed by atoms with van der Waals surface area (Å²) < 4.78 is 7.20. The van der Waals surface area contributed by atoms with Crippen molar-refractivity contribution in [1.29, 1.82) is 0 Å². The van der Waals surface area contributed by atoms with Gasteiger partial charge in [0.15, 0.2) is 0 Å². The van der Waals surface area contributed by atoms with Crippen LogP contribution in [-0.4, -0.2) is 17.1 Å². The second kappa shape index (κ2) is 5.53. The molecule has 0 aliphatic heterocycles. The summed E-state index contributed by atoms with van der Waals surface area (Å²) in [7, 11) is 0. The maximum Gasteiger partial charge on any atom is 0.339 e. The molecule has 1 aromatic carbocycles. The Morgan fingerprint density at radius 3 is 2.40 bits per heavy atom. The molecule has 0 atom stereocenters. The number of hydrogen-bond acceptors (Lipinski definition) is 2. The summed E-state index contributed by atoms with van der Waals surface area (Å²) in [6.07, 6.45) is 0. The highest BCUT2D eigenvalue weighted by atomic mass is 16.5. The van der Waals surface area contributed by atoms with Gasteiger partial charge in [0.05, 0.1) is 12.2 Å². The minimum atomic E-state index is -0.254. The van der Waals surface area contributed by atoms with E-state index in [1.165, 1.54) is 11.1 Å². The van der Waals surface area contributed by atoms with Crippen molar-refractivity contribution in [1.82, 2.24) is 4.57 Å². The molecule has 0 radical (unpaired) electrons. The molecule has 2 aromatic rings. The number of carbonyl (C=O) groups excluding carboxylic acids is 1. The van der Waals surface area contributed by atoms with Gasteiger partial charge in [0.1, 0.15) is 0 Å². The van der Waals surface area contributed by atoms with Gasteiger partial charge in [0.2, 0.25) is 0 Å². The third kappa shape index (κ3) is 2.48. The highest BCUT2D eigenvalue weighted by molar-refractivity contribution is 5.91. The summed E-state index contributed by atoms with van der Waals surface area (Å²) in [5.41, 5.74) is 6.19. The fourth-order valence-electron chi connectivity index (χ4n) is 2.44. The van der Waals surface area contributed by atoms with E-state index >= 15 is 0 Å². The van der Waals surface area contributed by atoms with Crippen LogP contribution in [0.5, 0.6) is 0 Å². The van der Waals surface area contributed by atoms with Gasteiger partial charge < -0.3 is 9.30 Å². The van der Waals surface area contributed by atoms with E-state index in [9.17, 15) is 4.79 Å². The van der Waals surface area contributed by atoms with E-state index in [-0.39, 0.29) is 5.97 Å². The summed E-state index contributed by atoms with van der Waals surface area (Å²) in [5, 5.41) is 0. The number of benzene rings is 1. The van der Waals surface area contributed by atoms with Crippen molar-refractivity contribution in [2.45, 2.75) is 34.6 Å². The average Bonchev–Trinajstić information content (AvgIpc) is 2.69. The molecule has 2 rings (SSSR count). The van der Waals surface area contributed by atoms with Crippen molar-refractivity contribution in [2.24, 2.45) is 0 Å². The third-order valence-corrected chi connectivity index (χ3v) is 3.68. The molecule has 0 aliphatic carbocycles. The summed E-state index contributed by atoms with van der Waals surface area (Å²) in [4.78, 5) is 11.9. The molecule has 106 valence electrons. The Kier molecular flexibility index (Phi) is 3.98. The Bertz CT molecular complexity index is 653. The average molecular weight is 271 g/mol. The summed E-state index contributed by atoms with van der Waals surface area (Å²) in [5.74, 6) is -0.254. The zero-order valence-electron chi connectivity index (χ0n) is 12.8. The molecule has 0 N–H and O–H groups in total. The molecular weight excluding hydrogens is 250 g/mol. The lowest BCUT2D eigenvalue weighted by Crippen LogP contribution is -2.07. The fraction of sp³-hybridized carbons (Fsp3) is 0.353. The lowest BCUT2D eigenvalue weighted by atomic mass is 10.1. The zero-order valence-corrected chi connectivity index (χ0v) is 12.8. The van der Waals surface area contributed by atoms with Gasteiger partial charge in [-0.15, -0.1) is 0 Å². The van der Waals surface area contributed by atoms with Crippen molar-refractivity contribution in [2.75, 3.05) is 6.61 Å². The van der Waals surface area contributed by atoms with Gasteiger partial charge in [-0.3, -0.25) is 0 Å². The van der Waals surface area contributed by atoms with Gasteiger partial charge in [-0.2, -0.15) is 0 Å². The van der Waals surface area contributed by atoms with Crippen LogP contribution < -0.4 is 0 Å². The van der Waals surface area contributed by atoms with Crippen molar-refractivity contribution < 1.29 is 9.53 Å². The molecule has 1 aromatic heterocycles. The monoisotopic (exact) mass is 271 g/mol. The normalized spacial score (nSPS) is 10.7. The molecule has 0 bridgehead atoms. The molecular formula is C17H21NO2. The van der Waals surface area contributed by atoms with Crippen LogP contribution in [0.25, 0.3) is 5.69 Å². The second-order valence-electron chi connectivity index (χ2n) is 5.11. The first-order chi connectivity index (χ1) is 9.45. The third-order valence-electron chi connectivity index (χ3n) is 3.68. The molecule has 0 amide bonds. The quantitative estimate of drug-likeness (QED) is 0.793. The molecule has 0 spiro atoms. The molecule has 1 heterocycles. The fourth-order valence-corrected chi connectivity index (χ4v) is 2.44. The van der Waals surface area contributed by atoms with Gasteiger partial charge in [-0.05, 0) is 63.9 Å². The predicted molar refractivity (Wildman–Crippen MR) is 80.7 cm³/mol. The number of rotatable bonds is 3. The Labute approximate surface area is 120 Å². The molecule has 0 saturated carbocycles. The highest BCUT2D eigenvalue weighted by Gasteiger charge is 2.17. The lowest BCUT2D eigenvalue weighted by molar-refractivity contribution is 0.0525. The minimum absolute atomic E-state index is 0.254. The van der Waals surface area contributed by atoms with Crippen molar-refractivity contribution in [3.8, 4) is 5.69 Å². The Morgan fingerprint density at radius 1 is 1.10 bits per heavy atom. The van der Waals surface area contributed by atoms with E-state index in [4.69, 9.17) is 4.74 Å². The van der Waals surface area contributed by atoms with Gasteiger partial charge in [-0.1, -0.05) is 6.07 Å². The van der Waals surface area contributed by atoms with Gasteiger partial charge in [0, 0.05) is 17.1 Å². The standard InChI is InChI=1S/C17H21NO2/c1-6-20-17(19)16-10-13(4)18(14(16)5)15-8-7-11(2)12(3)9-15/h7-10H,6H2,1-5H3. The predicted octanol–water partition coefficient (Wildman–Crippen LogP) is 3.89. The number of ether oxygens (including phenoxy) is 1. The highest BCUT2D eigenvalue weighted by Crippen LogP contribution is 2.23. The van der Waals surface area contributed by atoms with Crippen molar-refractivity contribution in [3.05, 3.63) is 52.3 Å². The van der Waals surface area contributed by atoms with Gasteiger partial charge in [0.25, 0.3) is 0 Å². The first kappa shape index (κ1) is 14.4. The molecule has 0 aliphatic rings. The number of carbonyl (C=O) groups is 1. The lowest BCUT2D eigenvalue weighted by Gasteiger charge is -2.12. The molecule has 0 unspecified atom stereocenters. The minimum Gasteiger partial charge on any atom is -0.462 e. The maximum atomic E-state index is 11.9. The van der Waals surface area contributed by atoms with Crippen LogP contribution in [0.2, 0.25) is 0 Å². The largest absolute Gasteiger partial charge is 0.462 e. The van der Waals surface area contributed by atoms with E-state index in [1.807, 2.05) is 26.8 Å². The van der Waals surface area contributed by atoms with Crippen LogP contribution in [-0.2, 0) is 4.74 Å². The second-order valence-corrected chi connectivity index (χ2v) is 5.11. The summed E-state index contributed by atoms with van der Waals surface area (Å²) >= 11 is 0. The van der Waals surface area contributed by atoms with Crippen LogP contribution >= 0.6 is 0 Å². The van der Waals surface area contributed by atoms with E-state index in [1.54, 1.807) is 0 Å². The Balaban J connectivity index is 2.52. The van der Waals surface area contributed by atoms with E-state index in [0.717, 1.165) is 17.1 Å².